The minimum atomic E-state index is 0.644. The van der Waals surface area contributed by atoms with Crippen LogP contribution in [0.25, 0.3) is 121 Å². The Morgan fingerprint density at radius 3 is 1.84 bits per heavy atom. The number of hydrogen-bond acceptors (Lipinski definition) is 3. The summed E-state index contributed by atoms with van der Waals surface area (Å²) in [6.07, 6.45) is 0. The highest BCUT2D eigenvalue weighted by atomic mass is 16.3. The first-order chi connectivity index (χ1) is 28.3. The summed E-state index contributed by atoms with van der Waals surface area (Å²) >= 11 is 0. The second-order valence-electron chi connectivity index (χ2n) is 14.9. The first-order valence-electron chi connectivity index (χ1n) is 19.3. The standard InChI is InChI=1S/C52H30N4O/c1-3-15-31(16-4-1)39-29-46(54-52(53-39)38-24-14-28-45-47(38)37-22-10-12-27-44(37)57-45)56-40-25-11-9-21-36(40)49-42(56)30-43-51-48-34(33-19-7-8-20-35(33)50(49)51)23-13-26-41(48)55(43)32-17-5-2-6-18-32/h1-30H. The number of fused-ring (bicyclic) bond motifs is 10. The molecule has 4 heterocycles. The van der Waals surface area contributed by atoms with Crippen molar-refractivity contribution >= 4 is 87.1 Å². The maximum atomic E-state index is 6.36. The third kappa shape index (κ3) is 4.17. The summed E-state index contributed by atoms with van der Waals surface area (Å²) in [7, 11) is 0. The Morgan fingerprint density at radius 1 is 0.368 bits per heavy atom. The van der Waals surface area contributed by atoms with Gasteiger partial charge in [0.25, 0.3) is 0 Å². The molecule has 57 heavy (non-hydrogen) atoms. The maximum absolute atomic E-state index is 6.36. The van der Waals surface area contributed by atoms with Crippen molar-refractivity contribution in [2.75, 3.05) is 0 Å². The van der Waals surface area contributed by atoms with Gasteiger partial charge >= 0.3 is 0 Å². The van der Waals surface area contributed by atoms with Crippen LogP contribution < -0.4 is 0 Å². The van der Waals surface area contributed by atoms with Crippen molar-refractivity contribution in [2.45, 2.75) is 0 Å². The van der Waals surface area contributed by atoms with E-state index in [0.29, 0.717) is 5.82 Å². The monoisotopic (exact) mass is 726 g/mol. The van der Waals surface area contributed by atoms with Crippen LogP contribution in [0.15, 0.2) is 186 Å². The van der Waals surface area contributed by atoms with E-state index in [2.05, 4.69) is 161 Å². The van der Waals surface area contributed by atoms with Crippen LogP contribution in [0, 0.1) is 0 Å². The van der Waals surface area contributed by atoms with Gasteiger partial charge in [-0.1, -0.05) is 133 Å². The summed E-state index contributed by atoms with van der Waals surface area (Å²) in [4.78, 5) is 10.8. The molecule has 5 nitrogen and oxygen atoms in total. The normalized spacial score (nSPS) is 12.2. The van der Waals surface area contributed by atoms with E-state index < -0.39 is 0 Å². The predicted molar refractivity (Wildman–Crippen MR) is 235 cm³/mol. The Morgan fingerprint density at radius 2 is 0.982 bits per heavy atom. The van der Waals surface area contributed by atoms with Crippen LogP contribution in [-0.4, -0.2) is 19.1 Å². The number of para-hydroxylation sites is 3. The van der Waals surface area contributed by atoms with Gasteiger partial charge in [-0.3, -0.25) is 4.57 Å². The molecule has 0 N–H and O–H groups in total. The molecule has 13 rings (SSSR count). The fourth-order valence-electron chi connectivity index (χ4n) is 9.58. The topological polar surface area (TPSA) is 48.8 Å². The molecular formula is C52H30N4O. The summed E-state index contributed by atoms with van der Waals surface area (Å²) in [5, 5.41) is 12.1. The number of benzene rings is 9. The van der Waals surface area contributed by atoms with Gasteiger partial charge in [-0.25, -0.2) is 9.97 Å². The van der Waals surface area contributed by atoms with Gasteiger partial charge in [-0.2, -0.15) is 0 Å². The molecule has 0 aliphatic rings. The minimum Gasteiger partial charge on any atom is -0.456 e. The largest absolute Gasteiger partial charge is 0.456 e. The van der Waals surface area contributed by atoms with Gasteiger partial charge in [0.1, 0.15) is 17.0 Å². The van der Waals surface area contributed by atoms with Gasteiger partial charge in [0, 0.05) is 60.6 Å². The molecule has 264 valence electrons. The van der Waals surface area contributed by atoms with Gasteiger partial charge in [0.2, 0.25) is 0 Å². The van der Waals surface area contributed by atoms with Crippen molar-refractivity contribution < 1.29 is 4.42 Å². The van der Waals surface area contributed by atoms with Crippen LogP contribution in [-0.2, 0) is 0 Å². The lowest BCUT2D eigenvalue weighted by Crippen LogP contribution is -2.03. The predicted octanol–water partition coefficient (Wildman–Crippen LogP) is 13.6. The molecule has 0 amide bonds. The molecule has 0 aliphatic carbocycles. The van der Waals surface area contributed by atoms with E-state index in [9.17, 15) is 0 Å². The lowest BCUT2D eigenvalue weighted by Gasteiger charge is -2.14. The smallest absolute Gasteiger partial charge is 0.162 e. The molecule has 0 saturated heterocycles. The first-order valence-corrected chi connectivity index (χ1v) is 19.3. The average Bonchev–Trinajstić information content (AvgIpc) is 3.94. The number of hydrogen-bond donors (Lipinski definition) is 0. The van der Waals surface area contributed by atoms with Crippen molar-refractivity contribution in [3.05, 3.63) is 182 Å². The Bertz CT molecular complexity index is 3740. The second-order valence-corrected chi connectivity index (χ2v) is 14.9. The molecule has 0 spiro atoms. The Kier molecular flexibility index (Phi) is 6.10. The van der Waals surface area contributed by atoms with E-state index in [1.54, 1.807) is 0 Å². The lowest BCUT2D eigenvalue weighted by molar-refractivity contribution is 0.669. The number of furan rings is 1. The quantitative estimate of drug-likeness (QED) is 0.170. The van der Waals surface area contributed by atoms with E-state index in [-0.39, 0.29) is 0 Å². The molecule has 0 saturated carbocycles. The van der Waals surface area contributed by atoms with Crippen LogP contribution >= 0.6 is 0 Å². The molecule has 4 aromatic heterocycles. The third-order valence-corrected chi connectivity index (χ3v) is 11.9. The molecule has 0 fully saturated rings. The highest BCUT2D eigenvalue weighted by Crippen LogP contribution is 2.49. The molecular weight excluding hydrogens is 697 g/mol. The third-order valence-electron chi connectivity index (χ3n) is 11.9. The van der Waals surface area contributed by atoms with Crippen LogP contribution in [0.3, 0.4) is 0 Å². The van der Waals surface area contributed by atoms with Gasteiger partial charge in [-0.05, 0) is 58.6 Å². The highest BCUT2D eigenvalue weighted by Gasteiger charge is 2.26. The van der Waals surface area contributed by atoms with Gasteiger partial charge in [0.05, 0.1) is 27.8 Å². The van der Waals surface area contributed by atoms with E-state index in [4.69, 9.17) is 14.4 Å². The second kappa shape index (κ2) is 11.4. The minimum absolute atomic E-state index is 0.644. The van der Waals surface area contributed by atoms with E-state index in [1.807, 2.05) is 30.3 Å². The molecule has 0 atom stereocenters. The first kappa shape index (κ1) is 30.6. The van der Waals surface area contributed by atoms with Gasteiger partial charge in [-0.15, -0.1) is 0 Å². The van der Waals surface area contributed by atoms with Crippen molar-refractivity contribution in [1.29, 1.82) is 0 Å². The molecule has 0 aliphatic heterocycles. The molecule has 0 unspecified atom stereocenters. The molecule has 5 heteroatoms. The van der Waals surface area contributed by atoms with Crippen molar-refractivity contribution in [1.82, 2.24) is 19.1 Å². The zero-order chi connectivity index (χ0) is 37.2. The summed E-state index contributed by atoms with van der Waals surface area (Å²) in [6.45, 7) is 0. The van der Waals surface area contributed by atoms with Crippen molar-refractivity contribution in [3.63, 3.8) is 0 Å². The van der Waals surface area contributed by atoms with Crippen LogP contribution in [0.4, 0.5) is 0 Å². The average molecular weight is 727 g/mol. The van der Waals surface area contributed by atoms with E-state index in [0.717, 1.165) is 66.8 Å². The molecule has 0 bridgehead atoms. The maximum Gasteiger partial charge on any atom is 0.162 e. The summed E-state index contributed by atoms with van der Waals surface area (Å²) in [5.74, 6) is 1.44. The lowest BCUT2D eigenvalue weighted by atomic mass is 9.92. The summed E-state index contributed by atoms with van der Waals surface area (Å²) in [6, 6.07) is 64.5. The number of aromatic nitrogens is 4. The Hall–Kier alpha value is -7.76. The highest BCUT2D eigenvalue weighted by molar-refractivity contribution is 6.41. The number of nitrogens with zero attached hydrogens (tertiary/aromatic N) is 4. The van der Waals surface area contributed by atoms with Gasteiger partial charge < -0.3 is 8.98 Å². The fraction of sp³-hybridized carbons (Fsp3) is 0. The van der Waals surface area contributed by atoms with Crippen LogP contribution in [0.5, 0.6) is 0 Å². The van der Waals surface area contributed by atoms with E-state index >= 15 is 0 Å². The Labute approximate surface area is 325 Å². The zero-order valence-electron chi connectivity index (χ0n) is 30.5. The zero-order valence-corrected chi connectivity index (χ0v) is 30.5. The Balaban J connectivity index is 1.22. The summed E-state index contributed by atoms with van der Waals surface area (Å²) in [5.41, 5.74) is 10.1. The molecule has 0 radical (unpaired) electrons. The van der Waals surface area contributed by atoms with Crippen molar-refractivity contribution in [2.24, 2.45) is 0 Å². The van der Waals surface area contributed by atoms with Gasteiger partial charge in [0.15, 0.2) is 5.82 Å². The van der Waals surface area contributed by atoms with E-state index in [1.165, 1.54) is 48.6 Å². The SMILES string of the molecule is c1ccc(-c2cc(-n3c4ccccc4c4c5c6ccccc6c6cccc7c6c5c(cc43)n7-c3ccccc3)nc(-c3cccc4oc5ccccc5c34)n2)cc1. The van der Waals surface area contributed by atoms with Crippen molar-refractivity contribution in [3.8, 4) is 34.2 Å². The fourth-order valence-corrected chi connectivity index (χ4v) is 9.58. The number of rotatable bonds is 4. The van der Waals surface area contributed by atoms with Crippen LogP contribution in [0.2, 0.25) is 0 Å². The van der Waals surface area contributed by atoms with Crippen LogP contribution in [0.1, 0.15) is 0 Å². The molecule has 13 aromatic rings. The molecule has 9 aromatic carbocycles. The summed E-state index contributed by atoms with van der Waals surface area (Å²) < 4.78 is 11.2.